The molecule has 3 aromatic rings. The second kappa shape index (κ2) is 11.9. The third kappa shape index (κ3) is 6.31. The van der Waals surface area contributed by atoms with Crippen LogP contribution in [0.1, 0.15) is 29.1 Å². The number of hydrogen-bond donors (Lipinski definition) is 2. The largest absolute Gasteiger partial charge is 0.495 e. The number of para-hydroxylation sites is 2. The van der Waals surface area contributed by atoms with Crippen LogP contribution >= 0.6 is 35.0 Å². The van der Waals surface area contributed by atoms with Crippen molar-refractivity contribution in [1.82, 2.24) is 20.1 Å². The van der Waals surface area contributed by atoms with E-state index in [1.165, 1.54) is 17.8 Å². The molecule has 0 fully saturated rings. The molecule has 1 atom stereocenters. The van der Waals surface area contributed by atoms with Crippen LogP contribution < -0.4 is 15.4 Å². The van der Waals surface area contributed by atoms with Crippen LogP contribution in [0.4, 0.5) is 5.69 Å². The average molecular weight is 520 g/mol. The van der Waals surface area contributed by atoms with Crippen LogP contribution in [0, 0.1) is 0 Å². The SMILES string of the molecule is C=CCn1c(SCC(=O)Nc2ccccc2OC)nnc1[C@H](C)NC(=O)c1ccc(Cl)cc1Cl. The summed E-state index contributed by atoms with van der Waals surface area (Å²) in [4.78, 5) is 25.2. The minimum Gasteiger partial charge on any atom is -0.495 e. The van der Waals surface area contributed by atoms with Gasteiger partial charge in [0.05, 0.1) is 35.2 Å². The summed E-state index contributed by atoms with van der Waals surface area (Å²) < 4.78 is 7.05. The van der Waals surface area contributed by atoms with Crippen molar-refractivity contribution in [2.24, 2.45) is 0 Å². The molecule has 0 aliphatic heterocycles. The van der Waals surface area contributed by atoms with Gasteiger partial charge < -0.3 is 19.9 Å². The van der Waals surface area contributed by atoms with Crippen LogP contribution in [-0.4, -0.2) is 39.4 Å². The molecule has 1 heterocycles. The maximum Gasteiger partial charge on any atom is 0.253 e. The van der Waals surface area contributed by atoms with E-state index in [0.717, 1.165) is 0 Å². The number of rotatable bonds is 10. The molecule has 0 radical (unpaired) electrons. The fraction of sp³-hybridized carbons (Fsp3) is 0.217. The minimum atomic E-state index is -0.483. The second-order valence-electron chi connectivity index (χ2n) is 7.10. The van der Waals surface area contributed by atoms with Crippen molar-refractivity contribution < 1.29 is 14.3 Å². The van der Waals surface area contributed by atoms with Gasteiger partial charge in [-0.2, -0.15) is 0 Å². The Labute approximate surface area is 211 Å². The molecule has 0 saturated heterocycles. The quantitative estimate of drug-likeness (QED) is 0.288. The zero-order chi connectivity index (χ0) is 24.7. The van der Waals surface area contributed by atoms with E-state index in [9.17, 15) is 9.59 Å². The summed E-state index contributed by atoms with van der Waals surface area (Å²) in [5, 5.41) is 15.3. The highest BCUT2D eigenvalue weighted by molar-refractivity contribution is 7.99. The van der Waals surface area contributed by atoms with Gasteiger partial charge in [-0.1, -0.05) is 53.2 Å². The Balaban J connectivity index is 1.69. The van der Waals surface area contributed by atoms with Crippen molar-refractivity contribution in [3.8, 4) is 5.75 Å². The average Bonchev–Trinajstić information content (AvgIpc) is 3.21. The molecule has 11 heteroatoms. The number of anilines is 1. The lowest BCUT2D eigenvalue weighted by Gasteiger charge is -2.16. The molecule has 0 spiro atoms. The number of thioether (sulfide) groups is 1. The zero-order valence-electron chi connectivity index (χ0n) is 18.5. The molecule has 0 saturated carbocycles. The van der Waals surface area contributed by atoms with E-state index in [1.807, 2.05) is 12.1 Å². The van der Waals surface area contributed by atoms with Gasteiger partial charge in [0.15, 0.2) is 11.0 Å². The van der Waals surface area contributed by atoms with E-state index in [2.05, 4.69) is 27.4 Å². The number of allylic oxidation sites excluding steroid dienone is 1. The van der Waals surface area contributed by atoms with Crippen molar-refractivity contribution in [2.45, 2.75) is 24.7 Å². The number of ether oxygens (including phenoxy) is 1. The normalized spacial score (nSPS) is 11.5. The summed E-state index contributed by atoms with van der Waals surface area (Å²) in [6.45, 7) is 5.97. The van der Waals surface area contributed by atoms with Gasteiger partial charge in [-0.15, -0.1) is 16.8 Å². The number of carbonyl (C=O) groups excluding carboxylic acids is 2. The first-order valence-corrected chi connectivity index (χ1v) is 11.9. The van der Waals surface area contributed by atoms with Gasteiger partial charge in [-0.05, 0) is 37.3 Å². The summed E-state index contributed by atoms with van der Waals surface area (Å²) in [6, 6.07) is 11.3. The molecule has 34 heavy (non-hydrogen) atoms. The maximum absolute atomic E-state index is 12.7. The Morgan fingerprint density at radius 1 is 1.24 bits per heavy atom. The topological polar surface area (TPSA) is 98.1 Å². The van der Waals surface area contributed by atoms with Crippen LogP contribution in [0.25, 0.3) is 0 Å². The van der Waals surface area contributed by atoms with Crippen LogP contribution in [0.5, 0.6) is 5.75 Å². The lowest BCUT2D eigenvalue weighted by atomic mass is 10.2. The monoisotopic (exact) mass is 519 g/mol. The summed E-state index contributed by atoms with van der Waals surface area (Å²) in [5.74, 6) is 0.610. The number of nitrogens with one attached hydrogen (secondary N) is 2. The summed E-state index contributed by atoms with van der Waals surface area (Å²) in [7, 11) is 1.54. The van der Waals surface area contributed by atoms with Crippen LogP contribution in [0.2, 0.25) is 10.0 Å². The first-order chi connectivity index (χ1) is 16.3. The van der Waals surface area contributed by atoms with Gasteiger partial charge >= 0.3 is 0 Å². The van der Waals surface area contributed by atoms with Gasteiger partial charge in [0.2, 0.25) is 5.91 Å². The zero-order valence-corrected chi connectivity index (χ0v) is 20.9. The molecule has 0 aliphatic carbocycles. The molecular formula is C23H23Cl2N5O3S. The van der Waals surface area contributed by atoms with Gasteiger partial charge in [0.25, 0.3) is 5.91 Å². The summed E-state index contributed by atoms with van der Waals surface area (Å²) >= 11 is 13.3. The Kier molecular flexibility index (Phi) is 8.98. The first-order valence-electron chi connectivity index (χ1n) is 10.2. The lowest BCUT2D eigenvalue weighted by molar-refractivity contribution is -0.113. The maximum atomic E-state index is 12.7. The van der Waals surface area contributed by atoms with E-state index < -0.39 is 6.04 Å². The third-order valence-corrected chi connectivity index (χ3v) is 6.20. The minimum absolute atomic E-state index is 0.106. The highest BCUT2D eigenvalue weighted by Crippen LogP contribution is 2.26. The van der Waals surface area contributed by atoms with Crippen LogP contribution in [0.15, 0.2) is 60.3 Å². The van der Waals surface area contributed by atoms with Crippen LogP contribution in [-0.2, 0) is 11.3 Å². The molecule has 1 aromatic heterocycles. The Bertz CT molecular complexity index is 1200. The van der Waals surface area contributed by atoms with E-state index in [0.29, 0.717) is 39.5 Å². The standard InChI is InChI=1S/C23H23Cl2N5O3S/c1-4-11-30-21(14(2)26-22(32)16-10-9-15(24)12-17(16)25)28-29-23(30)34-13-20(31)27-18-7-5-6-8-19(18)33-3/h4-10,12,14H,1,11,13H2,2-3H3,(H,26,32)(H,27,31)/t14-/m0/s1. The summed E-state index contributed by atoms with van der Waals surface area (Å²) in [6.07, 6.45) is 1.69. The fourth-order valence-electron chi connectivity index (χ4n) is 3.10. The fourth-order valence-corrected chi connectivity index (χ4v) is 4.35. The van der Waals surface area contributed by atoms with Gasteiger partial charge in [0, 0.05) is 11.6 Å². The smallest absolute Gasteiger partial charge is 0.253 e. The van der Waals surface area contributed by atoms with Gasteiger partial charge in [0.1, 0.15) is 5.75 Å². The molecular weight excluding hydrogens is 497 g/mol. The van der Waals surface area contributed by atoms with Gasteiger partial charge in [-0.25, -0.2) is 0 Å². The van der Waals surface area contributed by atoms with E-state index in [1.54, 1.807) is 48.9 Å². The molecule has 0 aliphatic rings. The number of halogens is 2. The molecule has 2 aromatic carbocycles. The number of hydrogen-bond acceptors (Lipinski definition) is 6. The highest BCUT2D eigenvalue weighted by Gasteiger charge is 2.21. The predicted octanol–water partition coefficient (Wildman–Crippen LogP) is 5.00. The van der Waals surface area contributed by atoms with Crippen molar-refractivity contribution in [2.75, 3.05) is 18.2 Å². The molecule has 178 valence electrons. The number of nitrogens with zero attached hydrogens (tertiary/aromatic N) is 3. The lowest BCUT2D eigenvalue weighted by Crippen LogP contribution is -2.29. The van der Waals surface area contributed by atoms with Crippen molar-refractivity contribution in [1.29, 1.82) is 0 Å². The van der Waals surface area contributed by atoms with Crippen LogP contribution in [0.3, 0.4) is 0 Å². The molecule has 2 N–H and O–H groups in total. The number of aromatic nitrogens is 3. The van der Waals surface area contributed by atoms with Crippen molar-refractivity contribution in [3.63, 3.8) is 0 Å². The number of methoxy groups -OCH3 is 1. The number of amides is 2. The van der Waals surface area contributed by atoms with Gasteiger partial charge in [-0.3, -0.25) is 9.59 Å². The molecule has 2 amide bonds. The van der Waals surface area contributed by atoms with E-state index >= 15 is 0 Å². The Morgan fingerprint density at radius 3 is 2.71 bits per heavy atom. The summed E-state index contributed by atoms with van der Waals surface area (Å²) in [5.41, 5.74) is 0.886. The Hall–Kier alpha value is -3.01. The second-order valence-corrected chi connectivity index (χ2v) is 8.88. The number of carbonyl (C=O) groups is 2. The van der Waals surface area contributed by atoms with E-state index in [4.69, 9.17) is 27.9 Å². The first kappa shape index (κ1) is 25.6. The van der Waals surface area contributed by atoms with E-state index in [-0.39, 0.29) is 22.6 Å². The molecule has 0 bridgehead atoms. The highest BCUT2D eigenvalue weighted by atomic mass is 35.5. The molecule has 8 nitrogen and oxygen atoms in total. The molecule has 3 rings (SSSR count). The van der Waals surface area contributed by atoms with Crippen molar-refractivity contribution in [3.05, 3.63) is 76.6 Å². The Morgan fingerprint density at radius 2 is 2.00 bits per heavy atom. The third-order valence-electron chi connectivity index (χ3n) is 4.68. The van der Waals surface area contributed by atoms with Crippen molar-refractivity contribution >= 4 is 52.5 Å². The predicted molar refractivity (Wildman–Crippen MR) is 135 cm³/mol. The molecule has 0 unspecified atom stereocenters. The number of benzene rings is 2.